The van der Waals surface area contributed by atoms with Crippen LogP contribution in [0.15, 0.2) is 70.5 Å². The normalized spacial score (nSPS) is 11.8. The Hall–Kier alpha value is -1.52. The Kier molecular flexibility index (Phi) is 25.4. The van der Waals surface area contributed by atoms with Crippen LogP contribution in [0, 0.1) is 0 Å². The van der Waals surface area contributed by atoms with Crippen molar-refractivity contribution in [3.8, 4) is 0 Å². The second kappa shape index (κ2) is 28.1. The molecule has 0 atom stereocenters. The van der Waals surface area contributed by atoms with Crippen molar-refractivity contribution in [2.24, 2.45) is 0 Å². The number of unbranched alkanes of at least 4 members (excludes halogenated alkanes) is 16. The van der Waals surface area contributed by atoms with Crippen LogP contribution in [-0.2, 0) is 45.9 Å². The van der Waals surface area contributed by atoms with Crippen LogP contribution >= 0.6 is 0 Å². The summed E-state index contributed by atoms with van der Waals surface area (Å²) in [6, 6.07) is 19.4. The first kappa shape index (κ1) is 51.6. The molecule has 57 heavy (non-hydrogen) atoms. The van der Waals surface area contributed by atoms with Crippen molar-refractivity contribution in [3.05, 3.63) is 82.9 Å². The van der Waals surface area contributed by atoms with Crippen molar-refractivity contribution in [2.75, 3.05) is 0 Å². The van der Waals surface area contributed by atoms with Crippen LogP contribution in [-0.4, -0.2) is 63.7 Å². The Bertz CT molecular complexity index is 1830. The second-order valence-electron chi connectivity index (χ2n) is 15.8. The number of aryl methyl sites for hydroxylation is 4. The molecule has 312 valence electrons. The van der Waals surface area contributed by atoms with Gasteiger partial charge >= 0.3 is 37.7 Å². The zero-order chi connectivity index (χ0) is 40.8. The molecule has 0 fully saturated rings. The first-order valence-corrected chi connectivity index (χ1v) is 24.8. The van der Waals surface area contributed by atoms with Gasteiger partial charge in [0.1, 0.15) is 20.2 Å². The van der Waals surface area contributed by atoms with Crippen molar-refractivity contribution in [1.82, 2.24) is 0 Å². The molecule has 0 aliphatic carbocycles. The van der Waals surface area contributed by atoms with E-state index in [4.69, 9.17) is 0 Å². The number of benzene rings is 4. The monoisotopic (exact) mass is 846 g/mol. The van der Waals surface area contributed by atoms with Gasteiger partial charge in [-0.3, -0.25) is 0 Å². The molecule has 0 amide bonds. The Morgan fingerprint density at radius 1 is 0.368 bits per heavy atom. The minimum absolute atomic E-state index is 0. The van der Waals surface area contributed by atoms with Gasteiger partial charge in [0.25, 0.3) is 0 Å². The summed E-state index contributed by atoms with van der Waals surface area (Å²) < 4.78 is 70.6. The molecule has 4 rings (SSSR count). The predicted molar refractivity (Wildman–Crippen MR) is 239 cm³/mol. The van der Waals surface area contributed by atoms with E-state index in [0.717, 1.165) is 72.9 Å². The van der Waals surface area contributed by atoms with Crippen LogP contribution in [0.25, 0.3) is 21.5 Å². The third-order valence-corrected chi connectivity index (χ3v) is 12.8. The third kappa shape index (κ3) is 19.2. The Morgan fingerprint density at radius 2 is 0.667 bits per heavy atom. The first-order chi connectivity index (χ1) is 26.9. The molecule has 0 heterocycles. The summed E-state index contributed by atoms with van der Waals surface area (Å²) >= 11 is 0. The van der Waals surface area contributed by atoms with Crippen molar-refractivity contribution < 1.29 is 25.9 Å². The third-order valence-electron chi connectivity index (χ3n) is 10.9. The van der Waals surface area contributed by atoms with Crippen LogP contribution in [0.3, 0.4) is 0 Å². The molecular formula is C48H70CaO6S2. The van der Waals surface area contributed by atoms with Gasteiger partial charge in [-0.05, 0) is 119 Å². The number of rotatable bonds is 26. The Labute approximate surface area is 376 Å². The van der Waals surface area contributed by atoms with Gasteiger partial charge in [-0.2, -0.15) is 0 Å². The van der Waals surface area contributed by atoms with Crippen LogP contribution in [0.4, 0.5) is 0 Å². The topological polar surface area (TPSA) is 114 Å². The molecule has 4 aromatic rings. The summed E-state index contributed by atoms with van der Waals surface area (Å²) in [5, 5.41) is 3.75. The zero-order valence-corrected chi connectivity index (χ0v) is 39.6. The standard InChI is InChI=1S/2C24H36O3S.Ca/c2*1-3-5-7-9-11-13-20-15-16-21-19-24(28(25,26)27)22(18-23(21)17-20)14-12-10-8-6-4-2;/h2*15-19H,3-14H2,1-2H3,(H,25,26,27);/q;;+2/p-2. The van der Waals surface area contributed by atoms with Crippen molar-refractivity contribution >= 4 is 79.5 Å². The fourth-order valence-electron chi connectivity index (χ4n) is 7.62. The molecule has 0 aliphatic rings. The average Bonchev–Trinajstić information content (AvgIpc) is 3.16. The summed E-state index contributed by atoms with van der Waals surface area (Å²) in [5.74, 6) is 0. The summed E-state index contributed by atoms with van der Waals surface area (Å²) in [6.45, 7) is 8.79. The van der Waals surface area contributed by atoms with Gasteiger partial charge < -0.3 is 9.11 Å². The van der Waals surface area contributed by atoms with Crippen molar-refractivity contribution in [1.29, 1.82) is 0 Å². The van der Waals surface area contributed by atoms with E-state index < -0.39 is 20.2 Å². The van der Waals surface area contributed by atoms with Gasteiger partial charge in [0, 0.05) is 0 Å². The molecule has 0 radical (unpaired) electrons. The quantitative estimate of drug-likeness (QED) is 0.0353. The van der Waals surface area contributed by atoms with E-state index in [1.165, 1.54) is 101 Å². The van der Waals surface area contributed by atoms with Crippen LogP contribution in [0.5, 0.6) is 0 Å². The van der Waals surface area contributed by atoms with Gasteiger partial charge in [-0.25, -0.2) is 16.8 Å². The minimum Gasteiger partial charge on any atom is -0.744 e. The van der Waals surface area contributed by atoms with Gasteiger partial charge in [0.15, 0.2) is 0 Å². The van der Waals surface area contributed by atoms with E-state index in [0.29, 0.717) is 24.0 Å². The van der Waals surface area contributed by atoms with E-state index in [-0.39, 0.29) is 47.5 Å². The molecule has 0 spiro atoms. The number of fused-ring (bicyclic) bond motifs is 2. The smallest absolute Gasteiger partial charge is 0.744 e. The fourth-order valence-corrected chi connectivity index (χ4v) is 9.12. The maximum Gasteiger partial charge on any atom is 2.00 e. The predicted octanol–water partition coefficient (Wildman–Crippen LogP) is 13.2. The first-order valence-electron chi connectivity index (χ1n) is 21.9. The summed E-state index contributed by atoms with van der Waals surface area (Å²) in [4.78, 5) is -0.0781. The molecule has 0 saturated heterocycles. The van der Waals surface area contributed by atoms with Crippen molar-refractivity contribution in [3.63, 3.8) is 0 Å². The van der Waals surface area contributed by atoms with Gasteiger partial charge in [-0.15, -0.1) is 0 Å². The average molecular weight is 847 g/mol. The molecule has 9 heteroatoms. The molecule has 0 bridgehead atoms. The molecule has 0 N–H and O–H groups in total. The number of hydrogen-bond donors (Lipinski definition) is 0. The fraction of sp³-hybridized carbons (Fsp3) is 0.583. The summed E-state index contributed by atoms with van der Waals surface area (Å²) in [6.07, 6.45) is 27.0. The van der Waals surface area contributed by atoms with Crippen molar-refractivity contribution in [2.45, 2.75) is 192 Å². The maximum atomic E-state index is 11.8. The largest absolute Gasteiger partial charge is 2.00 e. The number of hydrogen-bond acceptors (Lipinski definition) is 6. The van der Waals surface area contributed by atoms with E-state index in [1.54, 1.807) is 12.1 Å². The zero-order valence-electron chi connectivity index (χ0n) is 35.7. The van der Waals surface area contributed by atoms with E-state index in [1.807, 2.05) is 24.3 Å². The molecule has 6 nitrogen and oxygen atoms in total. The molecule has 0 aliphatic heterocycles. The second-order valence-corrected chi connectivity index (χ2v) is 18.5. The van der Waals surface area contributed by atoms with Crippen LogP contribution in [0.2, 0.25) is 0 Å². The summed E-state index contributed by atoms with van der Waals surface area (Å²) in [5.41, 5.74) is 3.93. The Morgan fingerprint density at radius 3 is 0.965 bits per heavy atom. The van der Waals surface area contributed by atoms with Gasteiger partial charge in [0.2, 0.25) is 0 Å². The molecule has 0 saturated carbocycles. The van der Waals surface area contributed by atoms with E-state index >= 15 is 0 Å². The van der Waals surface area contributed by atoms with Gasteiger partial charge in [-0.1, -0.05) is 167 Å². The maximum absolute atomic E-state index is 11.8. The van der Waals surface area contributed by atoms with Crippen LogP contribution < -0.4 is 0 Å². The minimum atomic E-state index is -4.46. The molecular weight excluding hydrogens is 777 g/mol. The molecule has 4 aromatic carbocycles. The SMILES string of the molecule is CCCCCCCc1ccc2cc(S(=O)(=O)[O-])c(CCCCCCC)cc2c1.CCCCCCCc1ccc2cc(S(=O)(=O)[O-])c(CCCCCCC)cc2c1.[Ca+2]. The summed E-state index contributed by atoms with van der Waals surface area (Å²) in [7, 11) is -8.91. The van der Waals surface area contributed by atoms with Crippen LogP contribution in [0.1, 0.15) is 178 Å². The van der Waals surface area contributed by atoms with E-state index in [9.17, 15) is 25.9 Å². The van der Waals surface area contributed by atoms with Gasteiger partial charge in [0.05, 0.1) is 9.79 Å². The Balaban J connectivity index is 0.000000387. The van der Waals surface area contributed by atoms with E-state index in [2.05, 4.69) is 52.0 Å². The molecule has 0 aromatic heterocycles. The molecule has 0 unspecified atom stereocenters.